The lowest BCUT2D eigenvalue weighted by molar-refractivity contribution is -0.121. The van der Waals surface area contributed by atoms with Crippen molar-refractivity contribution in [2.45, 2.75) is 39.0 Å². The summed E-state index contributed by atoms with van der Waals surface area (Å²) in [6.07, 6.45) is 4.61. The van der Waals surface area contributed by atoms with Gasteiger partial charge in [-0.05, 0) is 30.7 Å². The van der Waals surface area contributed by atoms with Gasteiger partial charge in [0.15, 0.2) is 0 Å². The fourth-order valence-corrected chi connectivity index (χ4v) is 2.24. The monoisotopic (exact) mass is 269 g/mol. The first-order valence-corrected chi connectivity index (χ1v) is 7.57. The molecule has 18 heavy (non-hydrogen) atoms. The number of amides is 1. The molecule has 0 atom stereocenters. The van der Waals surface area contributed by atoms with Gasteiger partial charge in [-0.1, -0.05) is 19.4 Å². The number of aryl methyl sites for hydroxylation is 1. The molecule has 102 valence electrons. The molecule has 0 fully saturated rings. The summed E-state index contributed by atoms with van der Waals surface area (Å²) in [5.41, 5.74) is 0. The van der Waals surface area contributed by atoms with Crippen LogP contribution in [0, 0.1) is 0 Å². The minimum Gasteiger partial charge on any atom is -0.381 e. The van der Waals surface area contributed by atoms with Crippen LogP contribution in [0.3, 0.4) is 0 Å². The largest absolute Gasteiger partial charge is 0.381 e. The van der Waals surface area contributed by atoms with Crippen LogP contribution in [-0.4, -0.2) is 25.7 Å². The van der Waals surface area contributed by atoms with Crippen molar-refractivity contribution in [3.63, 3.8) is 0 Å². The van der Waals surface area contributed by atoms with Crippen LogP contribution in [-0.2, 0) is 16.0 Å². The number of carbonyl (C=O) groups excluding carboxylic acids is 1. The van der Waals surface area contributed by atoms with Gasteiger partial charge in [-0.2, -0.15) is 0 Å². The Labute approximate surface area is 114 Å². The highest BCUT2D eigenvalue weighted by atomic mass is 32.1. The van der Waals surface area contributed by atoms with Crippen molar-refractivity contribution < 1.29 is 9.53 Å². The second kappa shape index (κ2) is 10.1. The van der Waals surface area contributed by atoms with Crippen molar-refractivity contribution in [3.05, 3.63) is 22.4 Å². The maximum atomic E-state index is 11.5. The fraction of sp³-hybridized carbons (Fsp3) is 0.643. The molecule has 1 N–H and O–H groups in total. The van der Waals surface area contributed by atoms with Gasteiger partial charge >= 0.3 is 0 Å². The van der Waals surface area contributed by atoms with Crippen LogP contribution in [0.1, 0.15) is 37.5 Å². The lowest BCUT2D eigenvalue weighted by Crippen LogP contribution is -2.25. The molecule has 4 heteroatoms. The Hall–Kier alpha value is -0.870. The van der Waals surface area contributed by atoms with E-state index in [1.165, 1.54) is 11.3 Å². The van der Waals surface area contributed by atoms with Crippen LogP contribution in [0.25, 0.3) is 0 Å². The molecular weight excluding hydrogens is 246 g/mol. The number of hydrogen-bond acceptors (Lipinski definition) is 3. The Bertz CT molecular complexity index is 312. The Kier molecular flexibility index (Phi) is 8.51. The lowest BCUT2D eigenvalue weighted by atomic mass is 10.2. The second-order valence-electron chi connectivity index (χ2n) is 4.25. The van der Waals surface area contributed by atoms with Crippen molar-refractivity contribution in [1.82, 2.24) is 5.32 Å². The van der Waals surface area contributed by atoms with Gasteiger partial charge in [-0.3, -0.25) is 4.79 Å². The molecule has 0 radical (unpaired) electrons. The minimum atomic E-state index is 0.136. The molecule has 1 amide bonds. The SMILES string of the molecule is CCCCOCCCNC(=O)CCc1cccs1. The number of thiophene rings is 1. The van der Waals surface area contributed by atoms with E-state index >= 15 is 0 Å². The van der Waals surface area contributed by atoms with E-state index < -0.39 is 0 Å². The molecule has 0 aliphatic carbocycles. The Balaban J connectivity index is 1.90. The van der Waals surface area contributed by atoms with Gasteiger partial charge in [0, 0.05) is 31.1 Å². The first-order chi connectivity index (χ1) is 8.83. The van der Waals surface area contributed by atoms with E-state index in [0.29, 0.717) is 6.42 Å². The van der Waals surface area contributed by atoms with E-state index in [1.54, 1.807) is 11.3 Å². The summed E-state index contributed by atoms with van der Waals surface area (Å²) in [6, 6.07) is 4.09. The van der Waals surface area contributed by atoms with Gasteiger partial charge in [-0.25, -0.2) is 0 Å². The van der Waals surface area contributed by atoms with Crippen LogP contribution >= 0.6 is 11.3 Å². The molecule has 0 aliphatic rings. The number of rotatable bonds is 10. The van der Waals surface area contributed by atoms with E-state index in [9.17, 15) is 4.79 Å². The summed E-state index contributed by atoms with van der Waals surface area (Å²) in [6.45, 7) is 4.45. The van der Waals surface area contributed by atoms with Crippen molar-refractivity contribution in [2.24, 2.45) is 0 Å². The molecule has 1 heterocycles. The van der Waals surface area contributed by atoms with Crippen molar-refractivity contribution >= 4 is 17.2 Å². The molecule has 0 bridgehead atoms. The van der Waals surface area contributed by atoms with Crippen LogP contribution in [0.15, 0.2) is 17.5 Å². The third kappa shape index (κ3) is 7.45. The Morgan fingerprint density at radius 3 is 2.94 bits per heavy atom. The summed E-state index contributed by atoms with van der Waals surface area (Å²) < 4.78 is 5.43. The maximum Gasteiger partial charge on any atom is 0.220 e. The third-order valence-electron chi connectivity index (χ3n) is 2.61. The summed E-state index contributed by atoms with van der Waals surface area (Å²) in [5.74, 6) is 0.136. The van der Waals surface area contributed by atoms with E-state index in [4.69, 9.17) is 4.74 Å². The molecule has 0 aliphatic heterocycles. The number of carbonyl (C=O) groups is 1. The van der Waals surface area contributed by atoms with Crippen LogP contribution < -0.4 is 5.32 Å². The van der Waals surface area contributed by atoms with Gasteiger partial charge in [0.1, 0.15) is 0 Å². The first kappa shape index (κ1) is 15.2. The van der Waals surface area contributed by atoms with Crippen LogP contribution in [0.4, 0.5) is 0 Å². The lowest BCUT2D eigenvalue weighted by Gasteiger charge is -2.05. The molecule has 0 unspecified atom stereocenters. The van der Waals surface area contributed by atoms with E-state index in [1.807, 2.05) is 11.4 Å². The summed E-state index contributed by atoms with van der Waals surface area (Å²) >= 11 is 1.70. The van der Waals surface area contributed by atoms with Gasteiger partial charge in [0.05, 0.1) is 0 Å². The zero-order valence-electron chi connectivity index (χ0n) is 11.1. The third-order valence-corrected chi connectivity index (χ3v) is 3.54. The number of unbranched alkanes of at least 4 members (excludes halogenated alkanes) is 1. The normalized spacial score (nSPS) is 10.5. The smallest absolute Gasteiger partial charge is 0.220 e. The highest BCUT2D eigenvalue weighted by molar-refractivity contribution is 7.09. The summed E-state index contributed by atoms with van der Waals surface area (Å²) in [7, 11) is 0. The van der Waals surface area contributed by atoms with Gasteiger partial charge in [0.25, 0.3) is 0 Å². The first-order valence-electron chi connectivity index (χ1n) is 6.69. The van der Waals surface area contributed by atoms with Gasteiger partial charge in [0.2, 0.25) is 5.91 Å². The molecular formula is C14H23NO2S. The molecule has 1 rings (SSSR count). The predicted molar refractivity (Wildman–Crippen MR) is 76.0 cm³/mol. The average molecular weight is 269 g/mol. The molecule has 1 aromatic heterocycles. The van der Waals surface area contributed by atoms with Crippen molar-refractivity contribution in [2.75, 3.05) is 19.8 Å². The zero-order valence-corrected chi connectivity index (χ0v) is 11.9. The van der Waals surface area contributed by atoms with E-state index in [-0.39, 0.29) is 5.91 Å². The molecule has 3 nitrogen and oxygen atoms in total. The topological polar surface area (TPSA) is 38.3 Å². The summed E-state index contributed by atoms with van der Waals surface area (Å²) in [5, 5.41) is 4.96. The van der Waals surface area contributed by atoms with E-state index in [0.717, 1.165) is 39.0 Å². The fourth-order valence-electron chi connectivity index (χ4n) is 1.53. The highest BCUT2D eigenvalue weighted by Crippen LogP contribution is 2.10. The average Bonchev–Trinajstić information content (AvgIpc) is 2.88. The zero-order chi connectivity index (χ0) is 13.1. The molecule has 0 saturated carbocycles. The molecule has 0 spiro atoms. The molecule has 1 aromatic rings. The predicted octanol–water partition coefficient (Wildman–Crippen LogP) is 3.00. The molecule has 0 aromatic carbocycles. The number of hydrogen-bond donors (Lipinski definition) is 1. The quantitative estimate of drug-likeness (QED) is 0.663. The van der Waals surface area contributed by atoms with E-state index in [2.05, 4.69) is 18.3 Å². The van der Waals surface area contributed by atoms with Crippen molar-refractivity contribution in [3.8, 4) is 0 Å². The number of ether oxygens (including phenoxy) is 1. The Morgan fingerprint density at radius 2 is 2.22 bits per heavy atom. The van der Waals surface area contributed by atoms with Crippen LogP contribution in [0.2, 0.25) is 0 Å². The maximum absolute atomic E-state index is 11.5. The second-order valence-corrected chi connectivity index (χ2v) is 5.28. The van der Waals surface area contributed by atoms with Crippen molar-refractivity contribution in [1.29, 1.82) is 0 Å². The minimum absolute atomic E-state index is 0.136. The molecule has 0 saturated heterocycles. The Morgan fingerprint density at radius 1 is 1.39 bits per heavy atom. The number of nitrogens with one attached hydrogen (secondary N) is 1. The highest BCUT2D eigenvalue weighted by Gasteiger charge is 2.02. The van der Waals surface area contributed by atoms with Crippen LogP contribution in [0.5, 0.6) is 0 Å². The summed E-state index contributed by atoms with van der Waals surface area (Å²) in [4.78, 5) is 12.8. The standard InChI is InChI=1S/C14H23NO2S/c1-2-3-10-17-11-5-9-15-14(16)8-7-13-6-4-12-18-13/h4,6,12H,2-3,5,7-11H2,1H3,(H,15,16). The van der Waals surface area contributed by atoms with Gasteiger partial charge < -0.3 is 10.1 Å². The van der Waals surface area contributed by atoms with Gasteiger partial charge in [-0.15, -0.1) is 11.3 Å².